The minimum Gasteiger partial charge on any atom is -0.308 e. The Kier molecular flexibility index (Phi) is 2.92. The lowest BCUT2D eigenvalue weighted by Crippen LogP contribution is -2.29. The van der Waals surface area contributed by atoms with Crippen molar-refractivity contribution < 1.29 is 9.59 Å². The van der Waals surface area contributed by atoms with Crippen LogP contribution in [0.5, 0.6) is 0 Å². The maximum atomic E-state index is 13.0. The standard InChI is InChI=1S/C22H15NO2/c24-21-18-7-3-2-6-16(18)17-10-9-15(13-19(17)21)22(25)23-12-11-14-5-1-4-8-20(14)23/h1-10,13H,11-12H2. The number of hydrogen-bond donors (Lipinski definition) is 0. The minimum atomic E-state index is -0.0449. The molecular formula is C22H15NO2. The fourth-order valence-electron chi connectivity index (χ4n) is 3.87. The smallest absolute Gasteiger partial charge is 0.258 e. The monoisotopic (exact) mass is 325 g/mol. The Balaban J connectivity index is 1.55. The van der Waals surface area contributed by atoms with E-state index >= 15 is 0 Å². The highest BCUT2D eigenvalue weighted by atomic mass is 16.2. The molecule has 1 heterocycles. The van der Waals surface area contributed by atoms with Crippen LogP contribution in [0.15, 0.2) is 66.7 Å². The van der Waals surface area contributed by atoms with Gasteiger partial charge in [0.2, 0.25) is 0 Å². The molecule has 0 unspecified atom stereocenters. The van der Waals surface area contributed by atoms with Gasteiger partial charge < -0.3 is 4.90 Å². The van der Waals surface area contributed by atoms with Crippen molar-refractivity contribution >= 4 is 17.4 Å². The lowest BCUT2D eigenvalue weighted by Gasteiger charge is -2.17. The van der Waals surface area contributed by atoms with E-state index in [2.05, 4.69) is 6.07 Å². The predicted octanol–water partition coefficient (Wildman–Crippen LogP) is 4.10. The Labute approximate surface area is 145 Å². The molecule has 2 aliphatic rings. The molecule has 1 aliphatic carbocycles. The van der Waals surface area contributed by atoms with Crippen molar-refractivity contribution in [1.29, 1.82) is 0 Å². The molecule has 1 amide bonds. The first-order chi connectivity index (χ1) is 12.2. The fraction of sp³-hybridized carbons (Fsp3) is 0.0909. The molecule has 25 heavy (non-hydrogen) atoms. The van der Waals surface area contributed by atoms with Gasteiger partial charge in [-0.15, -0.1) is 0 Å². The Hall–Kier alpha value is -3.20. The third-order valence-electron chi connectivity index (χ3n) is 5.11. The maximum absolute atomic E-state index is 13.0. The molecule has 0 fully saturated rings. The van der Waals surface area contributed by atoms with Crippen LogP contribution in [-0.4, -0.2) is 18.2 Å². The van der Waals surface area contributed by atoms with Gasteiger partial charge in [-0.05, 0) is 41.3 Å². The lowest BCUT2D eigenvalue weighted by atomic mass is 10.0. The first-order valence-corrected chi connectivity index (χ1v) is 8.42. The van der Waals surface area contributed by atoms with Crippen LogP contribution in [0, 0.1) is 0 Å². The molecule has 3 heteroatoms. The normalized spacial score (nSPS) is 14.2. The Morgan fingerprint density at radius 1 is 0.800 bits per heavy atom. The van der Waals surface area contributed by atoms with E-state index in [4.69, 9.17) is 0 Å². The number of amides is 1. The van der Waals surface area contributed by atoms with Gasteiger partial charge in [0.1, 0.15) is 0 Å². The molecular weight excluding hydrogens is 310 g/mol. The summed E-state index contributed by atoms with van der Waals surface area (Å²) in [6.45, 7) is 0.684. The lowest BCUT2D eigenvalue weighted by molar-refractivity contribution is 0.0989. The second-order valence-corrected chi connectivity index (χ2v) is 6.47. The summed E-state index contributed by atoms with van der Waals surface area (Å²) < 4.78 is 0. The predicted molar refractivity (Wildman–Crippen MR) is 97.1 cm³/mol. The summed E-state index contributed by atoms with van der Waals surface area (Å²) in [4.78, 5) is 27.5. The van der Waals surface area contributed by atoms with Crippen molar-refractivity contribution in [3.63, 3.8) is 0 Å². The molecule has 0 spiro atoms. The van der Waals surface area contributed by atoms with Crippen molar-refractivity contribution in [3.05, 3.63) is 89.0 Å². The summed E-state index contributed by atoms with van der Waals surface area (Å²) in [7, 11) is 0. The molecule has 0 aromatic heterocycles. The van der Waals surface area contributed by atoms with E-state index in [-0.39, 0.29) is 11.7 Å². The van der Waals surface area contributed by atoms with Crippen molar-refractivity contribution in [2.24, 2.45) is 0 Å². The van der Waals surface area contributed by atoms with Crippen LogP contribution < -0.4 is 4.90 Å². The number of nitrogens with zero attached hydrogens (tertiary/aromatic N) is 1. The summed E-state index contributed by atoms with van der Waals surface area (Å²) in [6.07, 6.45) is 0.872. The largest absolute Gasteiger partial charge is 0.308 e. The quantitative estimate of drug-likeness (QED) is 0.528. The number of hydrogen-bond acceptors (Lipinski definition) is 2. The second-order valence-electron chi connectivity index (χ2n) is 6.47. The zero-order valence-electron chi connectivity index (χ0n) is 13.5. The first kappa shape index (κ1) is 14.2. The van der Waals surface area contributed by atoms with Gasteiger partial charge in [0.25, 0.3) is 5.91 Å². The number of ketones is 1. The Morgan fingerprint density at radius 3 is 2.40 bits per heavy atom. The molecule has 1 aliphatic heterocycles. The molecule has 3 nitrogen and oxygen atoms in total. The number of carbonyl (C=O) groups excluding carboxylic acids is 2. The molecule has 0 bridgehead atoms. The fourth-order valence-corrected chi connectivity index (χ4v) is 3.87. The number of carbonyl (C=O) groups is 2. The molecule has 5 rings (SSSR count). The highest BCUT2D eigenvalue weighted by Crippen LogP contribution is 2.37. The highest BCUT2D eigenvalue weighted by molar-refractivity contribution is 6.22. The first-order valence-electron chi connectivity index (χ1n) is 8.42. The van der Waals surface area contributed by atoms with E-state index in [0.717, 1.165) is 23.2 Å². The minimum absolute atomic E-state index is 0.00192. The van der Waals surface area contributed by atoms with Crippen LogP contribution >= 0.6 is 0 Å². The summed E-state index contributed by atoms with van der Waals surface area (Å²) in [5, 5.41) is 0. The second kappa shape index (κ2) is 5.15. The Morgan fingerprint density at radius 2 is 1.52 bits per heavy atom. The third kappa shape index (κ3) is 1.99. The van der Waals surface area contributed by atoms with Gasteiger partial charge in [0.05, 0.1) is 0 Å². The van der Waals surface area contributed by atoms with Gasteiger partial charge in [-0.2, -0.15) is 0 Å². The molecule has 3 aromatic carbocycles. The number of benzene rings is 3. The zero-order valence-corrected chi connectivity index (χ0v) is 13.5. The van der Waals surface area contributed by atoms with Crippen molar-refractivity contribution in [1.82, 2.24) is 0 Å². The average Bonchev–Trinajstić information content (AvgIpc) is 3.21. The van der Waals surface area contributed by atoms with E-state index in [1.165, 1.54) is 5.56 Å². The van der Waals surface area contributed by atoms with Gasteiger partial charge in [0.15, 0.2) is 5.78 Å². The number of anilines is 1. The molecule has 0 radical (unpaired) electrons. The summed E-state index contributed by atoms with van der Waals surface area (Å²) in [5.74, 6) is -0.0430. The number of para-hydroxylation sites is 1. The molecule has 120 valence electrons. The molecule has 3 aromatic rings. The van der Waals surface area contributed by atoms with Gasteiger partial charge in [-0.1, -0.05) is 48.5 Å². The molecule has 0 N–H and O–H groups in total. The zero-order chi connectivity index (χ0) is 17.0. The van der Waals surface area contributed by atoms with Crippen molar-refractivity contribution in [2.75, 3.05) is 11.4 Å². The van der Waals surface area contributed by atoms with E-state index in [9.17, 15) is 9.59 Å². The van der Waals surface area contributed by atoms with Crippen LogP contribution in [0.4, 0.5) is 5.69 Å². The molecule has 0 saturated heterocycles. The summed E-state index contributed by atoms with van der Waals surface area (Å²) in [6, 6.07) is 21.1. The number of fused-ring (bicyclic) bond motifs is 4. The van der Waals surface area contributed by atoms with Crippen LogP contribution in [0.1, 0.15) is 31.8 Å². The maximum Gasteiger partial charge on any atom is 0.258 e. The van der Waals surface area contributed by atoms with Crippen LogP contribution in [0.3, 0.4) is 0 Å². The summed E-state index contributed by atoms with van der Waals surface area (Å²) >= 11 is 0. The van der Waals surface area contributed by atoms with E-state index < -0.39 is 0 Å². The Bertz CT molecular complexity index is 1050. The van der Waals surface area contributed by atoms with Gasteiger partial charge in [-0.25, -0.2) is 0 Å². The highest BCUT2D eigenvalue weighted by Gasteiger charge is 2.29. The average molecular weight is 325 g/mol. The number of rotatable bonds is 1. The van der Waals surface area contributed by atoms with Crippen LogP contribution in [0.2, 0.25) is 0 Å². The SMILES string of the molecule is O=C1c2ccccc2-c2ccc(C(=O)N3CCc4ccccc43)cc21. The van der Waals surface area contributed by atoms with E-state index in [1.54, 1.807) is 6.07 Å². The van der Waals surface area contributed by atoms with Crippen molar-refractivity contribution in [2.45, 2.75) is 6.42 Å². The van der Waals surface area contributed by atoms with E-state index in [0.29, 0.717) is 23.2 Å². The van der Waals surface area contributed by atoms with Crippen LogP contribution in [-0.2, 0) is 6.42 Å². The van der Waals surface area contributed by atoms with Gasteiger partial charge in [0, 0.05) is 28.9 Å². The molecule has 0 atom stereocenters. The summed E-state index contributed by atoms with van der Waals surface area (Å²) in [5.41, 5.74) is 5.94. The third-order valence-corrected chi connectivity index (χ3v) is 5.11. The molecule has 0 saturated carbocycles. The van der Waals surface area contributed by atoms with Crippen molar-refractivity contribution in [3.8, 4) is 11.1 Å². The van der Waals surface area contributed by atoms with E-state index in [1.807, 2.05) is 59.5 Å². The van der Waals surface area contributed by atoms with Crippen LogP contribution in [0.25, 0.3) is 11.1 Å². The van der Waals surface area contributed by atoms with Gasteiger partial charge >= 0.3 is 0 Å². The van der Waals surface area contributed by atoms with Gasteiger partial charge in [-0.3, -0.25) is 9.59 Å². The topological polar surface area (TPSA) is 37.4 Å².